The number of carbonyl (C=O) groups is 1. The van der Waals surface area contributed by atoms with Gasteiger partial charge in [-0.15, -0.1) is 13.2 Å². The summed E-state index contributed by atoms with van der Waals surface area (Å²) >= 11 is 0. The van der Waals surface area contributed by atoms with Crippen LogP contribution in [0.15, 0.2) is 42.5 Å². The van der Waals surface area contributed by atoms with E-state index in [9.17, 15) is 18.0 Å². The van der Waals surface area contributed by atoms with Crippen LogP contribution in [0.4, 0.5) is 13.2 Å². The van der Waals surface area contributed by atoms with Gasteiger partial charge in [-0.05, 0) is 41.5 Å². The molecule has 2 heterocycles. The second kappa shape index (κ2) is 6.15. The van der Waals surface area contributed by atoms with Gasteiger partial charge in [-0.2, -0.15) is 0 Å². The molecule has 0 saturated carbocycles. The van der Waals surface area contributed by atoms with Gasteiger partial charge in [0.1, 0.15) is 17.2 Å². The maximum atomic E-state index is 12.4. The number of carbonyl (C=O) groups excluding carboxylic acids is 1. The number of halogens is 3. The largest absolute Gasteiger partial charge is 0.573 e. The number of benzene rings is 2. The molecule has 0 fully saturated rings. The molecule has 1 aliphatic rings. The van der Waals surface area contributed by atoms with Crippen molar-refractivity contribution in [2.24, 2.45) is 0 Å². The fourth-order valence-electron chi connectivity index (χ4n) is 3.17. The van der Waals surface area contributed by atoms with Crippen LogP contribution >= 0.6 is 0 Å². The zero-order valence-corrected chi connectivity index (χ0v) is 14.1. The number of amides is 1. The number of fused-ring (bicyclic) bond motifs is 2. The van der Waals surface area contributed by atoms with Crippen LogP contribution in [0.1, 0.15) is 16.1 Å². The number of aromatic nitrogens is 1. The van der Waals surface area contributed by atoms with Gasteiger partial charge >= 0.3 is 6.36 Å². The second-order valence-electron chi connectivity index (χ2n) is 5.95. The summed E-state index contributed by atoms with van der Waals surface area (Å²) < 4.78 is 46.4. The molecule has 0 spiro atoms. The van der Waals surface area contributed by atoms with Crippen LogP contribution in [-0.4, -0.2) is 24.4 Å². The minimum atomic E-state index is -4.75. The van der Waals surface area contributed by atoms with E-state index in [1.165, 1.54) is 31.4 Å². The summed E-state index contributed by atoms with van der Waals surface area (Å²) in [4.78, 5) is 16.5. The first-order valence-corrected chi connectivity index (χ1v) is 8.01. The zero-order chi connectivity index (χ0) is 19.2. The van der Waals surface area contributed by atoms with Gasteiger partial charge in [-0.3, -0.25) is 4.79 Å². The molecule has 2 aromatic carbocycles. The lowest BCUT2D eigenvalue weighted by Gasteiger charge is -2.14. The summed E-state index contributed by atoms with van der Waals surface area (Å²) in [7, 11) is 1.54. The van der Waals surface area contributed by atoms with Crippen molar-refractivity contribution < 1.29 is 27.4 Å². The molecular weight excluding hydrogens is 361 g/mol. The Kier molecular flexibility index (Phi) is 3.91. The first-order valence-electron chi connectivity index (χ1n) is 8.01. The highest BCUT2D eigenvalue weighted by molar-refractivity contribution is 6.06. The molecule has 1 aromatic heterocycles. The molecule has 27 heavy (non-hydrogen) atoms. The SMILES string of the molecule is COc1ccc2nc3c(c(-c4ccc(OC(F)(F)F)cc4)c2c1)CNC3=O. The van der Waals surface area contributed by atoms with E-state index in [0.717, 1.165) is 10.9 Å². The number of hydrogen-bond acceptors (Lipinski definition) is 4. The van der Waals surface area contributed by atoms with Crippen LogP contribution in [0.2, 0.25) is 0 Å². The predicted octanol–water partition coefficient (Wildman–Crippen LogP) is 4.05. The topological polar surface area (TPSA) is 60.5 Å². The van der Waals surface area contributed by atoms with E-state index in [4.69, 9.17) is 4.74 Å². The van der Waals surface area contributed by atoms with Gasteiger partial charge < -0.3 is 14.8 Å². The summed E-state index contributed by atoms with van der Waals surface area (Å²) in [6.07, 6.45) is -4.75. The fraction of sp³-hybridized carbons (Fsp3) is 0.158. The van der Waals surface area contributed by atoms with Crippen LogP contribution in [0.25, 0.3) is 22.0 Å². The first kappa shape index (κ1) is 17.1. The van der Waals surface area contributed by atoms with E-state index in [1.54, 1.807) is 18.2 Å². The van der Waals surface area contributed by atoms with Crippen LogP contribution in [0.5, 0.6) is 11.5 Å². The summed E-state index contributed by atoms with van der Waals surface area (Å²) in [6, 6.07) is 10.8. The number of hydrogen-bond donors (Lipinski definition) is 1. The Labute approximate surface area is 151 Å². The van der Waals surface area contributed by atoms with Crippen molar-refractivity contribution in [2.45, 2.75) is 12.9 Å². The Balaban J connectivity index is 1.90. The van der Waals surface area contributed by atoms with Crippen molar-refractivity contribution >= 4 is 16.8 Å². The number of nitrogens with zero attached hydrogens (tertiary/aromatic N) is 1. The van der Waals surface area contributed by atoms with Gasteiger partial charge in [0.2, 0.25) is 0 Å². The third kappa shape index (κ3) is 3.14. The molecular formula is C19H13F3N2O3. The maximum absolute atomic E-state index is 12.4. The average Bonchev–Trinajstić information content (AvgIpc) is 2.99. The highest BCUT2D eigenvalue weighted by atomic mass is 19.4. The first-order chi connectivity index (χ1) is 12.9. The normalized spacial score (nSPS) is 13.4. The quantitative estimate of drug-likeness (QED) is 0.751. The van der Waals surface area contributed by atoms with Crippen molar-refractivity contribution in [1.29, 1.82) is 0 Å². The van der Waals surface area contributed by atoms with E-state index in [2.05, 4.69) is 15.0 Å². The lowest BCUT2D eigenvalue weighted by atomic mass is 9.95. The standard InChI is InChI=1S/C19H13F3N2O3/c1-26-12-6-7-15-13(8-12)16(14-9-23-18(25)17(14)24-15)10-2-4-11(5-3-10)27-19(20,21)22/h2-8H,9H2,1H3,(H,23,25). The monoisotopic (exact) mass is 374 g/mol. The number of rotatable bonds is 3. The fourth-order valence-corrected chi connectivity index (χ4v) is 3.17. The molecule has 1 aliphatic heterocycles. The number of nitrogens with one attached hydrogen (secondary N) is 1. The summed E-state index contributed by atoms with van der Waals surface area (Å²) in [5.74, 6) is 0.0221. The van der Waals surface area contributed by atoms with Crippen molar-refractivity contribution in [3.8, 4) is 22.6 Å². The van der Waals surface area contributed by atoms with Crippen LogP contribution in [0.3, 0.4) is 0 Å². The van der Waals surface area contributed by atoms with Gasteiger partial charge in [0.15, 0.2) is 0 Å². The predicted molar refractivity (Wildman–Crippen MR) is 91.6 cm³/mol. The lowest BCUT2D eigenvalue weighted by Crippen LogP contribution is -2.16. The number of ether oxygens (including phenoxy) is 2. The minimum absolute atomic E-state index is 0.277. The van der Waals surface area contributed by atoms with Crippen molar-refractivity contribution in [3.05, 3.63) is 53.7 Å². The molecule has 138 valence electrons. The van der Waals surface area contributed by atoms with Crippen LogP contribution < -0.4 is 14.8 Å². The van der Waals surface area contributed by atoms with E-state index >= 15 is 0 Å². The van der Waals surface area contributed by atoms with Gasteiger partial charge in [0.25, 0.3) is 5.91 Å². The Bertz CT molecular complexity index is 1050. The Hall–Kier alpha value is -3.29. The van der Waals surface area contributed by atoms with Gasteiger partial charge in [0.05, 0.1) is 12.6 Å². The number of pyridine rings is 1. The highest BCUT2D eigenvalue weighted by Gasteiger charge is 2.31. The third-order valence-corrected chi connectivity index (χ3v) is 4.31. The molecule has 0 radical (unpaired) electrons. The third-order valence-electron chi connectivity index (χ3n) is 4.31. The Morgan fingerprint density at radius 3 is 2.44 bits per heavy atom. The van der Waals surface area contributed by atoms with Crippen molar-refractivity contribution in [3.63, 3.8) is 0 Å². The molecule has 0 bridgehead atoms. The van der Waals surface area contributed by atoms with E-state index < -0.39 is 6.36 Å². The molecule has 0 atom stereocenters. The molecule has 1 N–H and O–H groups in total. The molecule has 1 amide bonds. The van der Waals surface area contributed by atoms with Gasteiger partial charge in [-0.25, -0.2) is 4.98 Å². The zero-order valence-electron chi connectivity index (χ0n) is 14.1. The van der Waals surface area contributed by atoms with Crippen LogP contribution in [-0.2, 0) is 6.54 Å². The minimum Gasteiger partial charge on any atom is -0.497 e. The Morgan fingerprint density at radius 1 is 1.07 bits per heavy atom. The summed E-state index contributed by atoms with van der Waals surface area (Å²) in [6.45, 7) is 0.296. The molecule has 5 nitrogen and oxygen atoms in total. The highest BCUT2D eigenvalue weighted by Crippen LogP contribution is 2.37. The van der Waals surface area contributed by atoms with Crippen LogP contribution in [0, 0.1) is 0 Å². The van der Waals surface area contributed by atoms with E-state index in [0.29, 0.717) is 34.6 Å². The summed E-state index contributed by atoms with van der Waals surface area (Å²) in [5.41, 5.74) is 2.99. The summed E-state index contributed by atoms with van der Waals surface area (Å²) in [5, 5.41) is 3.48. The van der Waals surface area contributed by atoms with Crippen molar-refractivity contribution in [2.75, 3.05) is 7.11 Å². The number of methoxy groups -OCH3 is 1. The van der Waals surface area contributed by atoms with Gasteiger partial charge in [0, 0.05) is 17.5 Å². The van der Waals surface area contributed by atoms with E-state index in [-0.39, 0.29) is 11.7 Å². The molecule has 0 aliphatic carbocycles. The van der Waals surface area contributed by atoms with Gasteiger partial charge in [-0.1, -0.05) is 12.1 Å². The molecule has 0 unspecified atom stereocenters. The molecule has 8 heteroatoms. The Morgan fingerprint density at radius 2 is 1.78 bits per heavy atom. The molecule has 0 saturated heterocycles. The maximum Gasteiger partial charge on any atom is 0.573 e. The van der Waals surface area contributed by atoms with E-state index in [1.807, 2.05) is 0 Å². The van der Waals surface area contributed by atoms with Crippen molar-refractivity contribution in [1.82, 2.24) is 10.3 Å². The smallest absolute Gasteiger partial charge is 0.497 e. The molecule has 4 rings (SSSR count). The average molecular weight is 374 g/mol. The number of alkyl halides is 3. The second-order valence-corrected chi connectivity index (χ2v) is 5.95. The molecule has 3 aromatic rings. The lowest BCUT2D eigenvalue weighted by molar-refractivity contribution is -0.274.